The molecule has 1 amide bonds. The maximum absolute atomic E-state index is 11.2. The maximum atomic E-state index is 11.2. The fourth-order valence-electron chi connectivity index (χ4n) is 1.38. The lowest BCUT2D eigenvalue weighted by Crippen LogP contribution is -2.47. The molecule has 0 unspecified atom stereocenters. The molecule has 1 aliphatic rings. The van der Waals surface area contributed by atoms with Crippen molar-refractivity contribution >= 4 is 5.91 Å². The van der Waals surface area contributed by atoms with Crippen LogP contribution in [0.15, 0.2) is 11.6 Å². The number of amides is 1. The molecule has 0 saturated heterocycles. The summed E-state index contributed by atoms with van der Waals surface area (Å²) in [7, 11) is 1.71. The summed E-state index contributed by atoms with van der Waals surface area (Å²) in [5, 5.41) is 2.92. The van der Waals surface area contributed by atoms with Crippen LogP contribution >= 0.6 is 0 Å². The molecule has 0 aromatic carbocycles. The van der Waals surface area contributed by atoms with Gasteiger partial charge in [-0.2, -0.15) is 0 Å². The van der Waals surface area contributed by atoms with Crippen molar-refractivity contribution in [2.24, 2.45) is 0 Å². The van der Waals surface area contributed by atoms with E-state index in [4.69, 9.17) is 4.74 Å². The Kier molecular flexibility index (Phi) is 3.48. The molecule has 0 heterocycles. The zero-order valence-electron chi connectivity index (χ0n) is 8.46. The highest BCUT2D eigenvalue weighted by Gasteiger charge is 2.29. The number of allylic oxidation sites excluding steroid dienone is 1. The van der Waals surface area contributed by atoms with E-state index in [9.17, 15) is 4.79 Å². The number of nitrogens with one attached hydrogen (secondary N) is 1. The molecule has 1 saturated carbocycles. The summed E-state index contributed by atoms with van der Waals surface area (Å²) in [6.45, 7) is 3.83. The normalized spacial score (nSPS) is 26.1. The largest absolute Gasteiger partial charge is 0.381 e. The molecule has 0 spiro atoms. The third-order valence-electron chi connectivity index (χ3n) is 2.19. The van der Waals surface area contributed by atoms with Crippen LogP contribution in [0, 0.1) is 0 Å². The number of methoxy groups -OCH3 is 1. The van der Waals surface area contributed by atoms with Gasteiger partial charge >= 0.3 is 0 Å². The van der Waals surface area contributed by atoms with Gasteiger partial charge in [-0.05, 0) is 26.7 Å². The predicted molar refractivity (Wildman–Crippen MR) is 51.4 cm³/mol. The van der Waals surface area contributed by atoms with E-state index >= 15 is 0 Å². The van der Waals surface area contributed by atoms with E-state index in [1.807, 2.05) is 13.8 Å². The molecule has 0 aromatic heterocycles. The number of carbonyl (C=O) groups excluding carboxylic acids is 1. The van der Waals surface area contributed by atoms with E-state index in [1.165, 1.54) is 0 Å². The molecule has 0 aliphatic heterocycles. The van der Waals surface area contributed by atoms with Gasteiger partial charge in [-0.1, -0.05) is 5.57 Å². The molecule has 0 aromatic rings. The van der Waals surface area contributed by atoms with E-state index in [-0.39, 0.29) is 5.91 Å². The molecule has 0 atom stereocenters. The van der Waals surface area contributed by atoms with Gasteiger partial charge in [0.25, 0.3) is 0 Å². The van der Waals surface area contributed by atoms with Crippen LogP contribution in [0.25, 0.3) is 0 Å². The Morgan fingerprint density at radius 2 is 2.08 bits per heavy atom. The third-order valence-corrected chi connectivity index (χ3v) is 2.19. The lowest BCUT2D eigenvalue weighted by molar-refractivity contribution is -0.118. The van der Waals surface area contributed by atoms with Crippen molar-refractivity contribution in [3.63, 3.8) is 0 Å². The van der Waals surface area contributed by atoms with Gasteiger partial charge in [-0.3, -0.25) is 4.79 Å². The number of carbonyl (C=O) groups is 1. The van der Waals surface area contributed by atoms with Gasteiger partial charge in [0.1, 0.15) is 0 Å². The van der Waals surface area contributed by atoms with Gasteiger partial charge in [0, 0.05) is 19.2 Å². The quantitative estimate of drug-likeness (QED) is 0.669. The molecule has 0 radical (unpaired) electrons. The van der Waals surface area contributed by atoms with Crippen molar-refractivity contribution in [3.05, 3.63) is 11.6 Å². The second-order valence-electron chi connectivity index (χ2n) is 3.76. The SMILES string of the molecule is COC1CC(NC(=O)C=C(C)C)C1. The average molecular weight is 183 g/mol. The molecular weight excluding hydrogens is 166 g/mol. The van der Waals surface area contributed by atoms with Crippen LogP contribution in [0.5, 0.6) is 0 Å². The lowest BCUT2D eigenvalue weighted by atomic mass is 9.89. The van der Waals surface area contributed by atoms with Crippen molar-refractivity contribution < 1.29 is 9.53 Å². The zero-order valence-corrected chi connectivity index (χ0v) is 8.46. The molecule has 1 N–H and O–H groups in total. The van der Waals surface area contributed by atoms with Gasteiger partial charge in [0.15, 0.2) is 0 Å². The molecule has 3 heteroatoms. The molecule has 74 valence electrons. The van der Waals surface area contributed by atoms with Crippen LogP contribution < -0.4 is 5.32 Å². The second-order valence-corrected chi connectivity index (χ2v) is 3.76. The van der Waals surface area contributed by atoms with Gasteiger partial charge in [0.2, 0.25) is 5.91 Å². The first-order valence-electron chi connectivity index (χ1n) is 4.60. The Balaban J connectivity index is 2.21. The number of rotatable bonds is 3. The van der Waals surface area contributed by atoms with Gasteiger partial charge < -0.3 is 10.1 Å². The highest BCUT2D eigenvalue weighted by Crippen LogP contribution is 2.22. The van der Waals surface area contributed by atoms with Crippen molar-refractivity contribution in [1.29, 1.82) is 0 Å². The van der Waals surface area contributed by atoms with E-state index < -0.39 is 0 Å². The average Bonchev–Trinajstić information content (AvgIpc) is 1.94. The lowest BCUT2D eigenvalue weighted by Gasteiger charge is -2.34. The smallest absolute Gasteiger partial charge is 0.244 e. The highest BCUT2D eigenvalue weighted by molar-refractivity contribution is 5.88. The summed E-state index contributed by atoms with van der Waals surface area (Å²) in [6, 6.07) is 0.313. The van der Waals surface area contributed by atoms with Crippen LogP contribution in [0.3, 0.4) is 0 Å². The van der Waals surface area contributed by atoms with Gasteiger partial charge in [-0.15, -0.1) is 0 Å². The molecule has 1 aliphatic carbocycles. The Morgan fingerprint density at radius 1 is 1.46 bits per heavy atom. The monoisotopic (exact) mass is 183 g/mol. The molecule has 0 bridgehead atoms. The van der Waals surface area contributed by atoms with Crippen LogP contribution in [0.4, 0.5) is 0 Å². The fraction of sp³-hybridized carbons (Fsp3) is 0.700. The number of ether oxygens (including phenoxy) is 1. The standard InChI is InChI=1S/C10H17NO2/c1-7(2)4-10(12)11-8-5-9(6-8)13-3/h4,8-9H,5-6H2,1-3H3,(H,11,12). The third kappa shape index (κ3) is 3.19. The summed E-state index contributed by atoms with van der Waals surface area (Å²) >= 11 is 0. The van der Waals surface area contributed by atoms with Crippen LogP contribution in [-0.2, 0) is 9.53 Å². The fourth-order valence-corrected chi connectivity index (χ4v) is 1.38. The van der Waals surface area contributed by atoms with Crippen molar-refractivity contribution in [3.8, 4) is 0 Å². The van der Waals surface area contributed by atoms with Crippen LogP contribution in [0.2, 0.25) is 0 Å². The second kappa shape index (κ2) is 4.42. The minimum absolute atomic E-state index is 0.0135. The van der Waals surface area contributed by atoms with Crippen LogP contribution in [0.1, 0.15) is 26.7 Å². The van der Waals surface area contributed by atoms with E-state index in [2.05, 4.69) is 5.32 Å². The van der Waals surface area contributed by atoms with Crippen molar-refractivity contribution in [1.82, 2.24) is 5.32 Å². The Hall–Kier alpha value is -0.830. The first kappa shape index (κ1) is 10.3. The summed E-state index contributed by atoms with van der Waals surface area (Å²) in [5.41, 5.74) is 1.03. The first-order valence-corrected chi connectivity index (χ1v) is 4.60. The van der Waals surface area contributed by atoms with Gasteiger partial charge in [0.05, 0.1) is 6.10 Å². The zero-order chi connectivity index (χ0) is 9.84. The molecule has 3 nitrogen and oxygen atoms in total. The molecular formula is C10H17NO2. The minimum Gasteiger partial charge on any atom is -0.381 e. The summed E-state index contributed by atoms with van der Waals surface area (Å²) < 4.78 is 5.11. The highest BCUT2D eigenvalue weighted by atomic mass is 16.5. The minimum atomic E-state index is 0.0135. The summed E-state index contributed by atoms with van der Waals surface area (Å²) in [6.07, 6.45) is 3.86. The first-order chi connectivity index (χ1) is 6.11. The van der Waals surface area contributed by atoms with E-state index in [0.29, 0.717) is 12.1 Å². The molecule has 13 heavy (non-hydrogen) atoms. The summed E-state index contributed by atoms with van der Waals surface area (Å²) in [5.74, 6) is 0.0135. The van der Waals surface area contributed by atoms with Crippen LogP contribution in [-0.4, -0.2) is 25.2 Å². The van der Waals surface area contributed by atoms with E-state index in [0.717, 1.165) is 18.4 Å². The number of hydrogen-bond acceptors (Lipinski definition) is 2. The summed E-state index contributed by atoms with van der Waals surface area (Å²) in [4.78, 5) is 11.2. The predicted octanol–water partition coefficient (Wildman–Crippen LogP) is 1.25. The number of hydrogen-bond donors (Lipinski definition) is 1. The molecule has 1 rings (SSSR count). The van der Waals surface area contributed by atoms with E-state index in [1.54, 1.807) is 13.2 Å². The van der Waals surface area contributed by atoms with Crippen molar-refractivity contribution in [2.45, 2.75) is 38.8 Å². The van der Waals surface area contributed by atoms with Gasteiger partial charge in [-0.25, -0.2) is 0 Å². The van der Waals surface area contributed by atoms with Crippen molar-refractivity contribution in [2.75, 3.05) is 7.11 Å². The Bertz CT molecular complexity index is 213. The maximum Gasteiger partial charge on any atom is 0.244 e. The Labute approximate surface area is 79.2 Å². The topological polar surface area (TPSA) is 38.3 Å². The molecule has 1 fully saturated rings. The Morgan fingerprint density at radius 3 is 2.54 bits per heavy atom.